The van der Waals surface area contributed by atoms with E-state index in [2.05, 4.69) is 5.32 Å². The lowest BCUT2D eigenvalue weighted by Gasteiger charge is -2.31. The Bertz CT molecular complexity index is 585. The lowest BCUT2D eigenvalue weighted by atomic mass is 9.86. The fourth-order valence-corrected chi connectivity index (χ4v) is 3.07. The number of carbonyl (C=O) groups excluding carboxylic acids is 1. The second kappa shape index (κ2) is 6.39. The van der Waals surface area contributed by atoms with Gasteiger partial charge in [-0.25, -0.2) is 0 Å². The highest BCUT2D eigenvalue weighted by molar-refractivity contribution is 7.09. The van der Waals surface area contributed by atoms with E-state index >= 15 is 0 Å². The van der Waals surface area contributed by atoms with Crippen LogP contribution in [0.3, 0.4) is 0 Å². The van der Waals surface area contributed by atoms with Crippen molar-refractivity contribution in [3.63, 3.8) is 0 Å². The largest absolute Gasteiger partial charge is 0.368 e. The third-order valence-electron chi connectivity index (χ3n) is 3.41. The summed E-state index contributed by atoms with van der Waals surface area (Å²) in [7, 11) is 0. The van der Waals surface area contributed by atoms with E-state index in [1.165, 1.54) is 0 Å². The predicted molar refractivity (Wildman–Crippen MR) is 83.8 cm³/mol. The first-order valence-electron chi connectivity index (χ1n) is 6.42. The van der Waals surface area contributed by atoms with Crippen LogP contribution in [0.1, 0.15) is 23.8 Å². The first-order valence-corrected chi connectivity index (χ1v) is 7.67. The number of thiophene rings is 1. The van der Waals surface area contributed by atoms with E-state index in [4.69, 9.17) is 17.3 Å². The van der Waals surface area contributed by atoms with Crippen molar-refractivity contribution in [3.05, 3.63) is 57.2 Å². The van der Waals surface area contributed by atoms with Crippen molar-refractivity contribution in [3.8, 4) is 0 Å². The maximum atomic E-state index is 12.0. The molecule has 1 unspecified atom stereocenters. The van der Waals surface area contributed by atoms with Crippen molar-refractivity contribution in [1.82, 2.24) is 5.32 Å². The van der Waals surface area contributed by atoms with Gasteiger partial charge in [0, 0.05) is 16.4 Å². The number of nitrogens with one attached hydrogen (secondary N) is 1. The van der Waals surface area contributed by atoms with Gasteiger partial charge in [-0.3, -0.25) is 10.1 Å². The van der Waals surface area contributed by atoms with E-state index < -0.39 is 5.54 Å². The smallest absolute Gasteiger partial charge is 0.242 e. The van der Waals surface area contributed by atoms with Crippen molar-refractivity contribution in [1.29, 1.82) is 0 Å². The van der Waals surface area contributed by atoms with Crippen LogP contribution in [0.2, 0.25) is 5.02 Å². The van der Waals surface area contributed by atoms with E-state index in [1.807, 2.05) is 36.6 Å². The molecule has 0 aliphatic heterocycles. The van der Waals surface area contributed by atoms with Gasteiger partial charge in [0.1, 0.15) is 5.54 Å². The molecule has 2 rings (SSSR count). The predicted octanol–water partition coefficient (Wildman–Crippen LogP) is 3.28. The molecule has 1 atom stereocenters. The first kappa shape index (κ1) is 15.0. The monoisotopic (exact) mass is 308 g/mol. The summed E-state index contributed by atoms with van der Waals surface area (Å²) >= 11 is 7.68. The Morgan fingerprint density at radius 2 is 2.20 bits per heavy atom. The Balaban J connectivity index is 2.32. The summed E-state index contributed by atoms with van der Waals surface area (Å²) in [6.45, 7) is 2.54. The SMILES string of the molecule is CCC(NCc1cccs1)(C(N)=O)c1cccc(Cl)c1. The third-order valence-corrected chi connectivity index (χ3v) is 4.52. The van der Waals surface area contributed by atoms with E-state index in [0.717, 1.165) is 10.4 Å². The van der Waals surface area contributed by atoms with Crippen LogP contribution in [0, 0.1) is 0 Å². The van der Waals surface area contributed by atoms with Gasteiger partial charge in [-0.2, -0.15) is 0 Å². The van der Waals surface area contributed by atoms with E-state index in [0.29, 0.717) is 18.0 Å². The molecular formula is C15H17ClN2OS. The van der Waals surface area contributed by atoms with Gasteiger partial charge in [0.15, 0.2) is 0 Å². The third kappa shape index (κ3) is 3.03. The average Bonchev–Trinajstić information content (AvgIpc) is 2.93. The van der Waals surface area contributed by atoms with Crippen molar-refractivity contribution in [2.24, 2.45) is 5.73 Å². The van der Waals surface area contributed by atoms with Gasteiger partial charge in [0.2, 0.25) is 5.91 Å². The number of carbonyl (C=O) groups is 1. The zero-order valence-corrected chi connectivity index (χ0v) is 12.8. The van der Waals surface area contributed by atoms with Crippen LogP contribution in [0.25, 0.3) is 0 Å². The Morgan fingerprint density at radius 1 is 1.40 bits per heavy atom. The van der Waals surface area contributed by atoms with Crippen LogP contribution in [0.5, 0.6) is 0 Å². The minimum Gasteiger partial charge on any atom is -0.368 e. The Morgan fingerprint density at radius 3 is 2.75 bits per heavy atom. The molecule has 0 saturated heterocycles. The van der Waals surface area contributed by atoms with Gasteiger partial charge in [-0.15, -0.1) is 11.3 Å². The van der Waals surface area contributed by atoms with E-state index in [9.17, 15) is 4.79 Å². The van der Waals surface area contributed by atoms with E-state index in [1.54, 1.807) is 23.5 Å². The normalized spacial score (nSPS) is 13.9. The summed E-state index contributed by atoms with van der Waals surface area (Å²) < 4.78 is 0. The van der Waals surface area contributed by atoms with Gasteiger partial charge in [0.05, 0.1) is 0 Å². The van der Waals surface area contributed by atoms with Gasteiger partial charge in [-0.05, 0) is 35.6 Å². The molecule has 2 aromatic rings. The van der Waals surface area contributed by atoms with Crippen LogP contribution < -0.4 is 11.1 Å². The first-order chi connectivity index (χ1) is 9.58. The molecule has 0 saturated carbocycles. The molecule has 5 heteroatoms. The van der Waals surface area contributed by atoms with Gasteiger partial charge >= 0.3 is 0 Å². The Hall–Kier alpha value is -1.36. The fourth-order valence-electron chi connectivity index (χ4n) is 2.24. The highest BCUT2D eigenvalue weighted by atomic mass is 35.5. The molecule has 1 heterocycles. The second-order valence-corrected chi connectivity index (χ2v) is 6.04. The standard InChI is InChI=1S/C15H17ClN2OS/c1-2-15(14(17)19,11-5-3-6-12(16)9-11)18-10-13-7-4-8-20-13/h3-9,18H,2,10H2,1H3,(H2,17,19). The number of hydrogen-bond acceptors (Lipinski definition) is 3. The molecule has 20 heavy (non-hydrogen) atoms. The van der Waals surface area contributed by atoms with Crippen LogP contribution in [0.4, 0.5) is 0 Å². The topological polar surface area (TPSA) is 55.1 Å². The molecule has 1 aromatic heterocycles. The molecule has 1 aromatic carbocycles. The summed E-state index contributed by atoms with van der Waals surface area (Å²) in [6.07, 6.45) is 0.564. The van der Waals surface area contributed by atoms with Crippen LogP contribution in [-0.4, -0.2) is 5.91 Å². The minimum absolute atomic E-state index is 0.390. The number of amides is 1. The lowest BCUT2D eigenvalue weighted by Crippen LogP contribution is -2.51. The molecule has 0 aliphatic carbocycles. The summed E-state index contributed by atoms with van der Waals surface area (Å²) in [4.78, 5) is 13.2. The molecule has 0 spiro atoms. The zero-order valence-electron chi connectivity index (χ0n) is 11.2. The Kier molecular flexibility index (Phi) is 4.81. The fraction of sp³-hybridized carbons (Fsp3) is 0.267. The number of halogens is 1. The second-order valence-electron chi connectivity index (χ2n) is 4.57. The summed E-state index contributed by atoms with van der Waals surface area (Å²) in [5, 5.41) is 5.91. The summed E-state index contributed by atoms with van der Waals surface area (Å²) in [6, 6.07) is 11.3. The quantitative estimate of drug-likeness (QED) is 0.860. The van der Waals surface area contributed by atoms with Crippen LogP contribution >= 0.6 is 22.9 Å². The van der Waals surface area contributed by atoms with Crippen molar-refractivity contribution >= 4 is 28.8 Å². The molecule has 3 nitrogen and oxygen atoms in total. The number of rotatable bonds is 6. The molecule has 0 radical (unpaired) electrons. The minimum atomic E-state index is -0.894. The molecule has 0 bridgehead atoms. The Labute approximate surface area is 127 Å². The lowest BCUT2D eigenvalue weighted by molar-refractivity contribution is -0.125. The molecule has 106 valence electrons. The van der Waals surface area contributed by atoms with Crippen molar-refractivity contribution < 1.29 is 4.79 Å². The average molecular weight is 309 g/mol. The highest BCUT2D eigenvalue weighted by Crippen LogP contribution is 2.28. The molecule has 1 amide bonds. The van der Waals surface area contributed by atoms with E-state index in [-0.39, 0.29) is 5.91 Å². The van der Waals surface area contributed by atoms with Gasteiger partial charge < -0.3 is 5.73 Å². The molecule has 0 fully saturated rings. The maximum Gasteiger partial charge on any atom is 0.242 e. The van der Waals surface area contributed by atoms with Crippen molar-refractivity contribution in [2.75, 3.05) is 0 Å². The maximum absolute atomic E-state index is 12.0. The van der Waals surface area contributed by atoms with Crippen LogP contribution in [-0.2, 0) is 16.9 Å². The number of nitrogens with two attached hydrogens (primary N) is 1. The van der Waals surface area contributed by atoms with Gasteiger partial charge in [-0.1, -0.05) is 36.7 Å². The molecule has 0 aliphatic rings. The number of hydrogen-bond donors (Lipinski definition) is 2. The summed E-state index contributed by atoms with van der Waals surface area (Å²) in [5.74, 6) is -0.390. The number of primary amides is 1. The summed E-state index contributed by atoms with van der Waals surface area (Å²) in [5.41, 5.74) is 5.57. The number of benzene rings is 1. The molecule has 3 N–H and O–H groups in total. The van der Waals surface area contributed by atoms with Crippen molar-refractivity contribution in [2.45, 2.75) is 25.4 Å². The zero-order chi connectivity index (χ0) is 14.6. The molecular weight excluding hydrogens is 292 g/mol. The highest BCUT2D eigenvalue weighted by Gasteiger charge is 2.36. The van der Waals surface area contributed by atoms with Gasteiger partial charge in [0.25, 0.3) is 0 Å². The van der Waals surface area contributed by atoms with Crippen LogP contribution in [0.15, 0.2) is 41.8 Å².